The summed E-state index contributed by atoms with van der Waals surface area (Å²) in [5, 5.41) is 3.07. The van der Waals surface area contributed by atoms with Crippen molar-refractivity contribution in [1.29, 1.82) is 0 Å². The summed E-state index contributed by atoms with van der Waals surface area (Å²) in [5.74, 6) is -0.385. The molecule has 0 spiro atoms. The van der Waals surface area contributed by atoms with E-state index in [1.165, 1.54) is 11.3 Å². The second kappa shape index (κ2) is 4.93. The number of thiophene rings is 1. The van der Waals surface area contributed by atoms with Gasteiger partial charge in [0.25, 0.3) is 0 Å². The maximum absolute atomic E-state index is 11.6. The van der Waals surface area contributed by atoms with Crippen LogP contribution in [0.25, 0.3) is 0 Å². The highest BCUT2D eigenvalue weighted by Crippen LogP contribution is 2.32. The number of carbonyl (C=O) groups is 2. The largest absolute Gasteiger partial charge is 0.462 e. The van der Waals surface area contributed by atoms with E-state index in [2.05, 4.69) is 5.32 Å². The molecular formula is C10H13NO3S. The first-order valence-corrected chi connectivity index (χ1v) is 5.40. The molecule has 0 aliphatic carbocycles. The third kappa shape index (κ3) is 2.36. The quantitative estimate of drug-likeness (QED) is 0.633. The lowest BCUT2D eigenvalue weighted by Gasteiger charge is -2.03. The van der Waals surface area contributed by atoms with Crippen molar-refractivity contribution in [3.8, 4) is 0 Å². The number of carbonyl (C=O) groups excluding carboxylic acids is 2. The Bertz CT molecular complexity index is 384. The minimum absolute atomic E-state index is 0.327. The van der Waals surface area contributed by atoms with Gasteiger partial charge in [-0.05, 0) is 26.3 Å². The molecule has 0 atom stereocenters. The van der Waals surface area contributed by atoms with Crippen LogP contribution in [0.5, 0.6) is 0 Å². The zero-order valence-corrected chi connectivity index (χ0v) is 9.73. The lowest BCUT2D eigenvalue weighted by molar-refractivity contribution is -0.105. The molecule has 1 heterocycles. The first-order valence-electron chi connectivity index (χ1n) is 4.59. The first kappa shape index (κ1) is 11.7. The number of hydrogen-bond donors (Lipinski definition) is 1. The lowest BCUT2D eigenvalue weighted by Crippen LogP contribution is -2.08. The fraction of sp³-hybridized carbons (Fsp3) is 0.400. The van der Waals surface area contributed by atoms with Crippen molar-refractivity contribution in [3.05, 3.63) is 16.0 Å². The molecule has 4 nitrogen and oxygen atoms in total. The van der Waals surface area contributed by atoms with E-state index in [9.17, 15) is 9.59 Å². The van der Waals surface area contributed by atoms with E-state index >= 15 is 0 Å². The van der Waals surface area contributed by atoms with Crippen LogP contribution in [0, 0.1) is 13.8 Å². The SMILES string of the molecule is CCOC(=O)c1c(NC=O)sc(C)c1C. The summed E-state index contributed by atoms with van der Waals surface area (Å²) >= 11 is 1.38. The molecule has 1 rings (SSSR count). The molecule has 1 amide bonds. The Morgan fingerprint density at radius 3 is 2.73 bits per heavy atom. The van der Waals surface area contributed by atoms with Gasteiger partial charge < -0.3 is 10.1 Å². The van der Waals surface area contributed by atoms with Crippen molar-refractivity contribution in [2.75, 3.05) is 11.9 Å². The second-order valence-electron chi connectivity index (χ2n) is 2.97. The van der Waals surface area contributed by atoms with Crippen molar-refractivity contribution in [2.45, 2.75) is 20.8 Å². The van der Waals surface area contributed by atoms with Crippen LogP contribution in [0.1, 0.15) is 27.7 Å². The van der Waals surface area contributed by atoms with Crippen LogP contribution in [0.15, 0.2) is 0 Å². The number of esters is 1. The Labute approximate surface area is 92.2 Å². The number of nitrogens with one attached hydrogen (secondary N) is 1. The highest BCUT2D eigenvalue weighted by Gasteiger charge is 2.20. The Hall–Kier alpha value is -1.36. The predicted molar refractivity (Wildman–Crippen MR) is 59.4 cm³/mol. The number of amides is 1. The summed E-state index contributed by atoms with van der Waals surface area (Å²) in [6.45, 7) is 5.82. The summed E-state index contributed by atoms with van der Waals surface area (Å²) in [6.07, 6.45) is 0.563. The fourth-order valence-corrected chi connectivity index (χ4v) is 2.24. The summed E-state index contributed by atoms with van der Waals surface area (Å²) in [7, 11) is 0. The number of rotatable bonds is 4. The van der Waals surface area contributed by atoms with Crippen LogP contribution in [0.4, 0.5) is 5.00 Å². The Morgan fingerprint density at radius 2 is 2.20 bits per heavy atom. The van der Waals surface area contributed by atoms with Crippen LogP contribution < -0.4 is 5.32 Å². The molecule has 82 valence electrons. The van der Waals surface area contributed by atoms with Gasteiger partial charge in [0, 0.05) is 4.88 Å². The van der Waals surface area contributed by atoms with Gasteiger partial charge in [-0.2, -0.15) is 0 Å². The van der Waals surface area contributed by atoms with Crippen LogP contribution in [0.2, 0.25) is 0 Å². The highest BCUT2D eigenvalue weighted by molar-refractivity contribution is 7.16. The molecule has 1 N–H and O–H groups in total. The van der Waals surface area contributed by atoms with E-state index in [-0.39, 0.29) is 5.97 Å². The molecule has 0 aliphatic heterocycles. The topological polar surface area (TPSA) is 55.4 Å². The van der Waals surface area contributed by atoms with Crippen molar-refractivity contribution in [1.82, 2.24) is 0 Å². The van der Waals surface area contributed by atoms with E-state index in [1.807, 2.05) is 13.8 Å². The molecule has 0 unspecified atom stereocenters. The summed E-state index contributed by atoms with van der Waals surface area (Å²) < 4.78 is 4.92. The summed E-state index contributed by atoms with van der Waals surface area (Å²) in [6, 6.07) is 0. The summed E-state index contributed by atoms with van der Waals surface area (Å²) in [4.78, 5) is 23.0. The Balaban J connectivity index is 3.12. The fourth-order valence-electron chi connectivity index (χ4n) is 1.23. The predicted octanol–water partition coefficient (Wildman–Crippen LogP) is 2.11. The molecule has 5 heteroatoms. The van der Waals surface area contributed by atoms with Gasteiger partial charge in [-0.3, -0.25) is 4.79 Å². The molecule has 1 aromatic rings. The van der Waals surface area contributed by atoms with E-state index in [1.54, 1.807) is 6.92 Å². The van der Waals surface area contributed by atoms with Crippen LogP contribution >= 0.6 is 11.3 Å². The monoisotopic (exact) mass is 227 g/mol. The average Bonchev–Trinajstić information content (AvgIpc) is 2.44. The minimum atomic E-state index is -0.385. The standard InChI is InChI=1S/C10H13NO3S/c1-4-14-10(13)8-6(2)7(3)15-9(8)11-5-12/h5H,4H2,1-3H3,(H,11,12). The van der Waals surface area contributed by atoms with Crippen molar-refractivity contribution < 1.29 is 14.3 Å². The maximum Gasteiger partial charge on any atom is 0.341 e. The first-order chi connectivity index (χ1) is 7.11. The van der Waals surface area contributed by atoms with Crippen molar-refractivity contribution in [2.24, 2.45) is 0 Å². The van der Waals surface area contributed by atoms with Crippen LogP contribution in [0.3, 0.4) is 0 Å². The highest BCUT2D eigenvalue weighted by atomic mass is 32.1. The van der Waals surface area contributed by atoms with Gasteiger partial charge in [-0.25, -0.2) is 4.79 Å². The normalized spacial score (nSPS) is 9.80. The smallest absolute Gasteiger partial charge is 0.341 e. The van der Waals surface area contributed by atoms with Crippen molar-refractivity contribution >= 4 is 28.7 Å². The van der Waals surface area contributed by atoms with Crippen molar-refractivity contribution in [3.63, 3.8) is 0 Å². The zero-order chi connectivity index (χ0) is 11.4. The van der Waals surface area contributed by atoms with E-state index in [0.717, 1.165) is 10.4 Å². The molecule has 1 aromatic heterocycles. The van der Waals surface area contributed by atoms with Gasteiger partial charge in [0.2, 0.25) is 6.41 Å². The van der Waals surface area contributed by atoms with E-state index < -0.39 is 0 Å². The minimum Gasteiger partial charge on any atom is -0.462 e. The number of hydrogen-bond acceptors (Lipinski definition) is 4. The molecule has 15 heavy (non-hydrogen) atoms. The van der Waals surface area contributed by atoms with E-state index in [4.69, 9.17) is 4.74 Å². The molecule has 0 aromatic carbocycles. The molecule has 0 radical (unpaired) electrons. The third-order valence-electron chi connectivity index (χ3n) is 2.05. The number of aryl methyl sites for hydroxylation is 1. The number of ether oxygens (including phenoxy) is 1. The average molecular weight is 227 g/mol. The second-order valence-corrected chi connectivity index (χ2v) is 4.19. The lowest BCUT2D eigenvalue weighted by atomic mass is 10.1. The van der Waals surface area contributed by atoms with Crippen LogP contribution in [-0.2, 0) is 9.53 Å². The zero-order valence-electron chi connectivity index (χ0n) is 8.92. The molecule has 0 aliphatic rings. The van der Waals surface area contributed by atoms with Gasteiger partial charge >= 0.3 is 5.97 Å². The molecule has 0 saturated carbocycles. The third-order valence-corrected chi connectivity index (χ3v) is 3.19. The van der Waals surface area contributed by atoms with Gasteiger partial charge in [0.15, 0.2) is 0 Å². The Kier molecular flexibility index (Phi) is 3.85. The Morgan fingerprint density at radius 1 is 1.53 bits per heavy atom. The van der Waals surface area contributed by atoms with Gasteiger partial charge in [-0.1, -0.05) is 0 Å². The van der Waals surface area contributed by atoms with Gasteiger partial charge in [0.05, 0.1) is 12.2 Å². The molecule has 0 saturated heterocycles. The molecule has 0 fully saturated rings. The molecular weight excluding hydrogens is 214 g/mol. The van der Waals surface area contributed by atoms with Crippen LogP contribution in [-0.4, -0.2) is 19.0 Å². The van der Waals surface area contributed by atoms with Gasteiger partial charge in [-0.15, -0.1) is 11.3 Å². The van der Waals surface area contributed by atoms with Gasteiger partial charge in [0.1, 0.15) is 5.00 Å². The van der Waals surface area contributed by atoms with E-state index in [0.29, 0.717) is 23.6 Å². The summed E-state index contributed by atoms with van der Waals surface area (Å²) in [5.41, 5.74) is 1.33. The maximum atomic E-state index is 11.6. The molecule has 0 bridgehead atoms. The number of anilines is 1.